The van der Waals surface area contributed by atoms with Gasteiger partial charge in [0.15, 0.2) is 0 Å². The Balaban J connectivity index is 2.46. The van der Waals surface area contributed by atoms with Crippen molar-refractivity contribution in [2.45, 2.75) is 30.7 Å². The molecule has 6 nitrogen and oxygen atoms in total. The lowest BCUT2D eigenvalue weighted by molar-refractivity contribution is 0.597. The van der Waals surface area contributed by atoms with Gasteiger partial charge in [-0.05, 0) is 31.9 Å². The van der Waals surface area contributed by atoms with E-state index in [1.165, 1.54) is 12.3 Å². The van der Waals surface area contributed by atoms with Crippen molar-refractivity contribution in [1.82, 2.24) is 4.98 Å². The van der Waals surface area contributed by atoms with Crippen molar-refractivity contribution < 1.29 is 8.42 Å². The summed E-state index contributed by atoms with van der Waals surface area (Å²) in [5.41, 5.74) is 5.62. The predicted molar refractivity (Wildman–Crippen MR) is 67.0 cm³/mol. The second kappa shape index (κ2) is 5.95. The van der Waals surface area contributed by atoms with Crippen molar-refractivity contribution in [3.05, 3.63) is 18.3 Å². The summed E-state index contributed by atoms with van der Waals surface area (Å²) >= 11 is 0. The Labute approximate surface area is 101 Å². The van der Waals surface area contributed by atoms with Crippen LogP contribution in [0.5, 0.6) is 0 Å². The smallest absolute Gasteiger partial charge is 0.239 e. The summed E-state index contributed by atoms with van der Waals surface area (Å²) < 4.78 is 22.0. The van der Waals surface area contributed by atoms with Crippen LogP contribution in [0.2, 0.25) is 0 Å². The van der Waals surface area contributed by atoms with Crippen molar-refractivity contribution in [2.24, 2.45) is 10.9 Å². The molecule has 0 amide bonds. The van der Waals surface area contributed by atoms with E-state index in [-0.39, 0.29) is 10.9 Å². The summed E-state index contributed by atoms with van der Waals surface area (Å²) in [5, 5.41) is 8.04. The highest BCUT2D eigenvalue weighted by molar-refractivity contribution is 7.89. The number of primary sulfonamides is 1. The summed E-state index contributed by atoms with van der Waals surface area (Å²) in [6.07, 6.45) is 3.11. The Morgan fingerprint density at radius 2 is 2.18 bits per heavy atom. The standard InChI is InChI=1S/C10H18N4O2S/c1-8(11)3-2-6-13-10-5-4-9(7-14-10)17(12,15)16/h4-5,7-8H,2-3,6,11H2,1H3,(H,13,14)(H2,12,15,16). The fraction of sp³-hybridized carbons (Fsp3) is 0.500. The van der Waals surface area contributed by atoms with E-state index in [0.717, 1.165) is 19.4 Å². The first-order valence-electron chi connectivity index (χ1n) is 5.38. The first-order valence-corrected chi connectivity index (χ1v) is 6.92. The average Bonchev–Trinajstić information content (AvgIpc) is 2.23. The molecule has 0 spiro atoms. The Hall–Kier alpha value is -1.18. The lowest BCUT2D eigenvalue weighted by Gasteiger charge is -2.07. The van der Waals surface area contributed by atoms with Gasteiger partial charge in [0.2, 0.25) is 10.0 Å². The molecule has 1 aromatic rings. The van der Waals surface area contributed by atoms with E-state index in [2.05, 4.69) is 10.3 Å². The molecule has 5 N–H and O–H groups in total. The SMILES string of the molecule is CC(N)CCCNc1ccc(S(N)(=O)=O)cn1. The number of hydrogen-bond donors (Lipinski definition) is 3. The first kappa shape index (κ1) is 13.9. The van der Waals surface area contributed by atoms with Gasteiger partial charge in [0, 0.05) is 18.8 Å². The molecular formula is C10H18N4O2S. The van der Waals surface area contributed by atoms with E-state index >= 15 is 0 Å². The van der Waals surface area contributed by atoms with Gasteiger partial charge in [-0.25, -0.2) is 18.5 Å². The number of nitrogens with two attached hydrogens (primary N) is 2. The van der Waals surface area contributed by atoms with E-state index in [4.69, 9.17) is 10.9 Å². The maximum Gasteiger partial charge on any atom is 0.239 e. The number of hydrogen-bond acceptors (Lipinski definition) is 5. The van der Waals surface area contributed by atoms with Crippen molar-refractivity contribution in [3.63, 3.8) is 0 Å². The van der Waals surface area contributed by atoms with Gasteiger partial charge in [-0.3, -0.25) is 0 Å². The number of nitrogens with zero attached hydrogens (tertiary/aromatic N) is 1. The lowest BCUT2D eigenvalue weighted by atomic mass is 10.2. The summed E-state index contributed by atoms with van der Waals surface area (Å²) in [7, 11) is -3.66. The number of anilines is 1. The Kier molecular flexibility index (Phi) is 4.86. The lowest BCUT2D eigenvalue weighted by Crippen LogP contribution is -2.16. The summed E-state index contributed by atoms with van der Waals surface area (Å²) in [6, 6.07) is 3.21. The maximum absolute atomic E-state index is 11.0. The minimum absolute atomic E-state index is 0.0126. The summed E-state index contributed by atoms with van der Waals surface area (Å²) in [5.74, 6) is 0.627. The second-order valence-corrected chi connectivity index (χ2v) is 5.53. The zero-order chi connectivity index (χ0) is 12.9. The fourth-order valence-corrected chi connectivity index (χ4v) is 1.75. The molecule has 0 aliphatic rings. The van der Waals surface area contributed by atoms with Crippen LogP contribution in [-0.2, 0) is 10.0 Å². The van der Waals surface area contributed by atoms with Gasteiger partial charge in [-0.2, -0.15) is 0 Å². The summed E-state index contributed by atoms with van der Waals surface area (Å²) in [4.78, 5) is 3.97. The third kappa shape index (κ3) is 5.12. The Morgan fingerprint density at radius 3 is 2.65 bits per heavy atom. The van der Waals surface area contributed by atoms with Crippen LogP contribution in [0.1, 0.15) is 19.8 Å². The van der Waals surface area contributed by atoms with Gasteiger partial charge in [-0.15, -0.1) is 0 Å². The molecule has 0 saturated heterocycles. The van der Waals surface area contributed by atoms with E-state index in [9.17, 15) is 8.42 Å². The first-order chi connectivity index (χ1) is 7.89. The quantitative estimate of drug-likeness (QED) is 0.634. The molecule has 0 bridgehead atoms. The molecule has 1 rings (SSSR count). The average molecular weight is 258 g/mol. The highest BCUT2D eigenvalue weighted by Crippen LogP contribution is 2.08. The molecular weight excluding hydrogens is 240 g/mol. The van der Waals surface area contributed by atoms with Gasteiger partial charge < -0.3 is 11.1 Å². The van der Waals surface area contributed by atoms with E-state index < -0.39 is 10.0 Å². The number of aromatic nitrogens is 1. The third-order valence-electron chi connectivity index (χ3n) is 2.21. The topological polar surface area (TPSA) is 111 Å². The number of nitrogens with one attached hydrogen (secondary N) is 1. The zero-order valence-electron chi connectivity index (χ0n) is 9.76. The van der Waals surface area contributed by atoms with Crippen molar-refractivity contribution in [1.29, 1.82) is 0 Å². The van der Waals surface area contributed by atoms with Gasteiger partial charge in [-0.1, -0.05) is 0 Å². The van der Waals surface area contributed by atoms with Crippen LogP contribution in [0, 0.1) is 0 Å². The zero-order valence-corrected chi connectivity index (χ0v) is 10.6. The molecule has 0 aliphatic carbocycles. The van der Waals surface area contributed by atoms with Gasteiger partial charge in [0.25, 0.3) is 0 Å². The van der Waals surface area contributed by atoms with Gasteiger partial charge in [0.05, 0.1) is 0 Å². The van der Waals surface area contributed by atoms with Crippen LogP contribution in [0.15, 0.2) is 23.2 Å². The molecule has 0 saturated carbocycles. The molecule has 0 aliphatic heterocycles. The van der Waals surface area contributed by atoms with Crippen LogP contribution in [-0.4, -0.2) is 26.0 Å². The fourth-order valence-electron chi connectivity index (χ4n) is 1.29. The van der Waals surface area contributed by atoms with Gasteiger partial charge >= 0.3 is 0 Å². The summed E-state index contributed by atoms with van der Waals surface area (Å²) in [6.45, 7) is 2.71. The monoisotopic (exact) mass is 258 g/mol. The van der Waals surface area contributed by atoms with Crippen LogP contribution in [0.4, 0.5) is 5.82 Å². The molecule has 1 atom stereocenters. The number of rotatable bonds is 6. The van der Waals surface area contributed by atoms with Crippen LogP contribution in [0.3, 0.4) is 0 Å². The minimum Gasteiger partial charge on any atom is -0.370 e. The second-order valence-electron chi connectivity index (χ2n) is 3.97. The highest BCUT2D eigenvalue weighted by Gasteiger charge is 2.07. The van der Waals surface area contributed by atoms with E-state index in [1.54, 1.807) is 6.07 Å². The highest BCUT2D eigenvalue weighted by atomic mass is 32.2. The predicted octanol–water partition coefficient (Wildman–Crippen LogP) is 0.268. The van der Waals surface area contributed by atoms with Crippen LogP contribution < -0.4 is 16.2 Å². The third-order valence-corrected chi connectivity index (χ3v) is 3.11. The van der Waals surface area contributed by atoms with Crippen molar-refractivity contribution >= 4 is 15.8 Å². The van der Waals surface area contributed by atoms with Crippen molar-refractivity contribution in [2.75, 3.05) is 11.9 Å². The van der Waals surface area contributed by atoms with Crippen LogP contribution in [0.25, 0.3) is 0 Å². The number of pyridine rings is 1. The maximum atomic E-state index is 11.0. The molecule has 96 valence electrons. The molecule has 1 aromatic heterocycles. The number of sulfonamides is 1. The molecule has 1 heterocycles. The molecule has 0 fully saturated rings. The van der Waals surface area contributed by atoms with Crippen molar-refractivity contribution in [3.8, 4) is 0 Å². The largest absolute Gasteiger partial charge is 0.370 e. The van der Waals surface area contributed by atoms with Gasteiger partial charge in [0.1, 0.15) is 10.7 Å². The van der Waals surface area contributed by atoms with E-state index in [1.807, 2.05) is 6.92 Å². The Morgan fingerprint density at radius 1 is 1.47 bits per heavy atom. The molecule has 7 heteroatoms. The Bertz CT molecular complexity index is 442. The molecule has 0 aromatic carbocycles. The molecule has 0 radical (unpaired) electrons. The molecule has 17 heavy (non-hydrogen) atoms. The molecule has 1 unspecified atom stereocenters. The minimum atomic E-state index is -3.66. The van der Waals surface area contributed by atoms with Crippen LogP contribution >= 0.6 is 0 Å². The normalized spacial score (nSPS) is 13.4. The van der Waals surface area contributed by atoms with E-state index in [0.29, 0.717) is 5.82 Å².